The molecular weight excluding hydrogens is 360 g/mol. The normalized spacial score (nSPS) is 15.2. The molecule has 1 aromatic carbocycles. The Labute approximate surface area is 154 Å². The van der Waals surface area contributed by atoms with Crippen LogP contribution in [0.2, 0.25) is 0 Å². The molecule has 0 radical (unpaired) electrons. The number of hydrogen-bond acceptors (Lipinski definition) is 5. The van der Waals surface area contributed by atoms with Gasteiger partial charge in [-0.3, -0.25) is 0 Å². The average molecular weight is 379 g/mol. The van der Waals surface area contributed by atoms with Crippen LogP contribution in [0.3, 0.4) is 0 Å². The van der Waals surface area contributed by atoms with Gasteiger partial charge < -0.3 is 24.8 Å². The molecule has 27 heavy (non-hydrogen) atoms. The van der Waals surface area contributed by atoms with Crippen LogP contribution < -0.4 is 10.1 Å². The van der Waals surface area contributed by atoms with Gasteiger partial charge in [-0.25, -0.2) is 18.6 Å². The number of carbonyl (C=O) groups is 1. The van der Waals surface area contributed by atoms with Crippen molar-refractivity contribution < 1.29 is 28.2 Å². The van der Waals surface area contributed by atoms with E-state index < -0.39 is 23.3 Å². The summed E-state index contributed by atoms with van der Waals surface area (Å²) in [6.07, 6.45) is 1.45. The lowest BCUT2D eigenvalue weighted by atomic mass is 9.86. The zero-order valence-corrected chi connectivity index (χ0v) is 14.6. The molecule has 1 fully saturated rings. The van der Waals surface area contributed by atoms with E-state index in [-0.39, 0.29) is 18.7 Å². The second-order valence-corrected chi connectivity index (χ2v) is 6.17. The van der Waals surface area contributed by atoms with Crippen LogP contribution in [0.15, 0.2) is 36.5 Å². The van der Waals surface area contributed by atoms with E-state index in [1.165, 1.54) is 17.2 Å². The third-order valence-electron chi connectivity index (χ3n) is 4.17. The van der Waals surface area contributed by atoms with E-state index in [1.807, 2.05) is 0 Å². The molecule has 1 aliphatic rings. The number of aromatic nitrogens is 1. The Kier molecular flexibility index (Phi) is 5.52. The first-order valence-electron chi connectivity index (χ1n) is 8.23. The first-order valence-corrected chi connectivity index (χ1v) is 8.23. The number of benzene rings is 1. The monoisotopic (exact) mass is 379 g/mol. The number of nitrogens with one attached hydrogen (secondary N) is 1. The van der Waals surface area contributed by atoms with Crippen LogP contribution in [-0.4, -0.2) is 54.4 Å². The van der Waals surface area contributed by atoms with Gasteiger partial charge in [0.1, 0.15) is 12.2 Å². The fraction of sp³-hybridized carbons (Fsp3) is 0.333. The minimum Gasteiger partial charge on any atom is -0.475 e. The molecule has 1 saturated heterocycles. The van der Waals surface area contributed by atoms with Crippen LogP contribution in [0.5, 0.6) is 5.88 Å². The van der Waals surface area contributed by atoms with E-state index >= 15 is 0 Å². The van der Waals surface area contributed by atoms with E-state index in [1.54, 1.807) is 19.2 Å². The summed E-state index contributed by atoms with van der Waals surface area (Å²) in [7, 11) is 1.57. The number of nitrogens with zero attached hydrogens (tertiary/aromatic N) is 2. The zero-order chi connectivity index (χ0) is 19.4. The highest BCUT2D eigenvalue weighted by Gasteiger charge is 2.45. The quantitative estimate of drug-likeness (QED) is 0.752. The molecule has 9 heteroatoms. The molecule has 0 saturated carbocycles. The Bertz CT molecular complexity index is 811. The lowest BCUT2D eigenvalue weighted by molar-refractivity contribution is -0.0795. The predicted octanol–water partition coefficient (Wildman–Crippen LogP) is 2.12. The molecule has 0 bridgehead atoms. The minimum absolute atomic E-state index is 0.0322. The summed E-state index contributed by atoms with van der Waals surface area (Å²) in [5.74, 6) is -1.62. The van der Waals surface area contributed by atoms with Gasteiger partial charge >= 0.3 is 6.03 Å². The van der Waals surface area contributed by atoms with Gasteiger partial charge in [-0.15, -0.1) is 0 Å². The maximum Gasteiger partial charge on any atom is 0.322 e. The topological polar surface area (TPSA) is 83.9 Å². The molecule has 2 amide bonds. The second kappa shape index (κ2) is 7.85. The lowest BCUT2D eigenvalue weighted by Crippen LogP contribution is -2.62. The molecule has 0 aliphatic carbocycles. The van der Waals surface area contributed by atoms with Crippen LogP contribution in [0.4, 0.5) is 19.3 Å². The Morgan fingerprint density at radius 1 is 1.26 bits per heavy atom. The average Bonchev–Trinajstić information content (AvgIpc) is 2.63. The number of carbonyl (C=O) groups excluding carboxylic acids is 1. The van der Waals surface area contributed by atoms with Crippen molar-refractivity contribution in [1.82, 2.24) is 9.88 Å². The molecule has 1 aliphatic heterocycles. The van der Waals surface area contributed by atoms with Crippen molar-refractivity contribution in [3.8, 4) is 5.88 Å². The van der Waals surface area contributed by atoms with Crippen LogP contribution in [0.1, 0.15) is 5.56 Å². The summed E-state index contributed by atoms with van der Waals surface area (Å²) in [5, 5.41) is 13.1. The SMILES string of the molecule is COCCOc1ccc(NC(=O)N2CC(O)(c3ccc(F)c(F)c3)C2)cn1. The van der Waals surface area contributed by atoms with Crippen LogP contribution in [-0.2, 0) is 10.3 Å². The van der Waals surface area contributed by atoms with Gasteiger partial charge in [-0.05, 0) is 23.8 Å². The maximum atomic E-state index is 13.3. The maximum absolute atomic E-state index is 13.3. The molecule has 2 N–H and O–H groups in total. The summed E-state index contributed by atoms with van der Waals surface area (Å²) in [6, 6.07) is 6.01. The van der Waals surface area contributed by atoms with Crippen molar-refractivity contribution in [2.45, 2.75) is 5.60 Å². The third kappa shape index (κ3) is 4.32. The van der Waals surface area contributed by atoms with Crippen LogP contribution >= 0.6 is 0 Å². The molecule has 0 atom stereocenters. The van der Waals surface area contributed by atoms with Gasteiger partial charge in [-0.1, -0.05) is 6.07 Å². The van der Waals surface area contributed by atoms with Gasteiger partial charge in [0.25, 0.3) is 0 Å². The molecular formula is C18H19F2N3O4. The highest BCUT2D eigenvalue weighted by Crippen LogP contribution is 2.33. The lowest BCUT2D eigenvalue weighted by Gasteiger charge is -2.46. The smallest absolute Gasteiger partial charge is 0.322 e. The molecule has 3 rings (SSSR count). The predicted molar refractivity (Wildman–Crippen MR) is 92.5 cm³/mol. The summed E-state index contributed by atoms with van der Waals surface area (Å²) in [4.78, 5) is 17.6. The van der Waals surface area contributed by atoms with Crippen molar-refractivity contribution in [3.63, 3.8) is 0 Å². The number of β-amino-alcohol motifs (C(OH)–C–C–N with tert-alkyl or cyclic N) is 1. The molecule has 144 valence electrons. The van der Waals surface area contributed by atoms with Crippen molar-refractivity contribution in [3.05, 3.63) is 53.7 Å². The number of halogens is 2. The standard InChI is InChI=1S/C18H19F2N3O4/c1-26-6-7-27-16-5-3-13(9-21-16)22-17(24)23-10-18(25,11-23)12-2-4-14(19)15(20)8-12/h2-5,8-9,25H,6-7,10-11H2,1H3,(H,22,24). The highest BCUT2D eigenvalue weighted by atomic mass is 19.2. The number of likely N-dealkylation sites (tertiary alicyclic amines) is 1. The van der Waals surface area contributed by atoms with E-state index in [9.17, 15) is 18.7 Å². The van der Waals surface area contributed by atoms with Gasteiger partial charge in [0.05, 0.1) is 31.6 Å². The number of methoxy groups -OCH3 is 1. The number of urea groups is 1. The Morgan fingerprint density at radius 3 is 2.67 bits per heavy atom. The molecule has 7 nitrogen and oxygen atoms in total. The molecule has 0 spiro atoms. The summed E-state index contributed by atoms with van der Waals surface area (Å²) >= 11 is 0. The Morgan fingerprint density at radius 2 is 2.04 bits per heavy atom. The number of ether oxygens (including phenoxy) is 2. The second-order valence-electron chi connectivity index (χ2n) is 6.17. The van der Waals surface area contributed by atoms with Crippen molar-refractivity contribution in [1.29, 1.82) is 0 Å². The number of hydrogen-bond donors (Lipinski definition) is 2. The number of pyridine rings is 1. The Balaban J connectivity index is 1.53. The van der Waals surface area contributed by atoms with Gasteiger partial charge in [-0.2, -0.15) is 0 Å². The first kappa shape index (κ1) is 19.0. The summed E-state index contributed by atoms with van der Waals surface area (Å²) in [5.41, 5.74) is -0.713. The van der Waals surface area contributed by atoms with E-state index in [0.717, 1.165) is 12.1 Å². The number of rotatable bonds is 6. The minimum atomic E-state index is -1.40. The highest BCUT2D eigenvalue weighted by molar-refractivity contribution is 5.90. The zero-order valence-electron chi connectivity index (χ0n) is 14.6. The Hall–Kier alpha value is -2.78. The summed E-state index contributed by atoms with van der Waals surface area (Å²) < 4.78 is 36.6. The van der Waals surface area contributed by atoms with Crippen molar-refractivity contribution in [2.75, 3.05) is 38.7 Å². The number of amides is 2. The van der Waals surface area contributed by atoms with Gasteiger partial charge in [0.2, 0.25) is 5.88 Å². The fourth-order valence-corrected chi connectivity index (χ4v) is 2.67. The van der Waals surface area contributed by atoms with Crippen LogP contribution in [0.25, 0.3) is 0 Å². The number of aliphatic hydroxyl groups is 1. The van der Waals surface area contributed by atoms with E-state index in [0.29, 0.717) is 24.8 Å². The third-order valence-corrected chi connectivity index (χ3v) is 4.17. The van der Waals surface area contributed by atoms with Gasteiger partial charge in [0, 0.05) is 13.2 Å². The van der Waals surface area contributed by atoms with E-state index in [4.69, 9.17) is 9.47 Å². The summed E-state index contributed by atoms with van der Waals surface area (Å²) in [6.45, 7) is 0.743. The van der Waals surface area contributed by atoms with Crippen molar-refractivity contribution in [2.24, 2.45) is 0 Å². The van der Waals surface area contributed by atoms with Crippen molar-refractivity contribution >= 4 is 11.7 Å². The molecule has 0 unspecified atom stereocenters. The molecule has 2 heterocycles. The largest absolute Gasteiger partial charge is 0.475 e. The molecule has 2 aromatic rings. The first-order chi connectivity index (χ1) is 12.9. The number of anilines is 1. The van der Waals surface area contributed by atoms with Gasteiger partial charge in [0.15, 0.2) is 11.6 Å². The fourth-order valence-electron chi connectivity index (χ4n) is 2.67. The molecule has 1 aromatic heterocycles. The van der Waals surface area contributed by atoms with E-state index in [2.05, 4.69) is 10.3 Å². The van der Waals surface area contributed by atoms with Crippen LogP contribution in [0, 0.1) is 11.6 Å².